The lowest BCUT2D eigenvalue weighted by atomic mass is 10.1. The number of hydrogen-bond donors (Lipinski definition) is 1. The van der Waals surface area contributed by atoms with Crippen molar-refractivity contribution in [1.29, 1.82) is 5.26 Å². The van der Waals surface area contributed by atoms with Gasteiger partial charge in [0.25, 0.3) is 0 Å². The first-order valence-electron chi connectivity index (χ1n) is 9.24. The molecule has 144 valence electrons. The summed E-state index contributed by atoms with van der Waals surface area (Å²) in [5.41, 5.74) is 9.43. The highest BCUT2D eigenvalue weighted by Crippen LogP contribution is 2.30. The molecule has 2 N–H and O–H groups in total. The molecular weight excluding hydrogens is 376 g/mol. The molecule has 1 fully saturated rings. The predicted molar refractivity (Wildman–Crippen MR) is 110 cm³/mol. The fourth-order valence-corrected chi connectivity index (χ4v) is 4.08. The summed E-state index contributed by atoms with van der Waals surface area (Å²) in [6.07, 6.45) is 1.96. The maximum Gasteiger partial charge on any atom is 0.330 e. The number of nitrogens with zero attached hydrogens (tertiary/aromatic N) is 5. The van der Waals surface area contributed by atoms with Crippen LogP contribution in [0.3, 0.4) is 0 Å². The van der Waals surface area contributed by atoms with Crippen LogP contribution in [0.4, 0.5) is 5.69 Å². The first-order chi connectivity index (χ1) is 13.5. The van der Waals surface area contributed by atoms with E-state index in [1.807, 2.05) is 18.2 Å². The van der Waals surface area contributed by atoms with Crippen molar-refractivity contribution in [1.82, 2.24) is 14.1 Å². The van der Waals surface area contributed by atoms with Crippen molar-refractivity contribution in [3.63, 3.8) is 0 Å². The molecule has 8 heteroatoms. The quantitative estimate of drug-likeness (QED) is 0.685. The van der Waals surface area contributed by atoms with Gasteiger partial charge >= 0.3 is 5.69 Å². The van der Waals surface area contributed by atoms with Gasteiger partial charge in [0.1, 0.15) is 10.7 Å². The van der Waals surface area contributed by atoms with E-state index in [9.17, 15) is 10.1 Å². The van der Waals surface area contributed by atoms with Gasteiger partial charge in [-0.25, -0.2) is 9.78 Å². The van der Waals surface area contributed by atoms with Crippen LogP contribution in [0.5, 0.6) is 0 Å². The second kappa shape index (κ2) is 7.30. The van der Waals surface area contributed by atoms with E-state index in [4.69, 9.17) is 17.3 Å². The van der Waals surface area contributed by atoms with E-state index in [0.717, 1.165) is 36.2 Å². The van der Waals surface area contributed by atoms with Gasteiger partial charge in [0.2, 0.25) is 0 Å². The first-order valence-corrected chi connectivity index (χ1v) is 9.61. The first kappa shape index (κ1) is 18.5. The Labute approximate surface area is 167 Å². The fourth-order valence-electron chi connectivity index (χ4n) is 3.90. The molecule has 28 heavy (non-hydrogen) atoms. The van der Waals surface area contributed by atoms with Crippen LogP contribution in [0.25, 0.3) is 11.2 Å². The number of nitrogens with two attached hydrogens (primary N) is 1. The Bertz CT molecular complexity index is 1140. The molecular formula is C20H21ClN6O. The fraction of sp³-hybridized carbons (Fsp3) is 0.350. The summed E-state index contributed by atoms with van der Waals surface area (Å²) in [5.74, 6) is 0. The molecule has 2 aromatic heterocycles. The molecule has 0 radical (unpaired) electrons. The van der Waals surface area contributed by atoms with Crippen LogP contribution >= 0.6 is 11.6 Å². The highest BCUT2D eigenvalue weighted by Gasteiger charge is 2.24. The van der Waals surface area contributed by atoms with E-state index in [0.29, 0.717) is 22.9 Å². The maximum absolute atomic E-state index is 13.0. The molecule has 3 heterocycles. The molecule has 1 atom stereocenters. The van der Waals surface area contributed by atoms with Crippen molar-refractivity contribution in [3.05, 3.63) is 57.1 Å². The molecule has 7 nitrogen and oxygen atoms in total. The summed E-state index contributed by atoms with van der Waals surface area (Å²) in [6, 6.07) is 11.4. The van der Waals surface area contributed by atoms with Gasteiger partial charge in [-0.1, -0.05) is 29.8 Å². The summed E-state index contributed by atoms with van der Waals surface area (Å²) >= 11 is 6.28. The van der Waals surface area contributed by atoms with E-state index < -0.39 is 0 Å². The van der Waals surface area contributed by atoms with Crippen molar-refractivity contribution in [2.24, 2.45) is 12.8 Å². The van der Waals surface area contributed by atoms with Gasteiger partial charge in [-0.2, -0.15) is 5.26 Å². The van der Waals surface area contributed by atoms with Gasteiger partial charge in [-0.05, 0) is 24.5 Å². The molecule has 0 unspecified atom stereocenters. The van der Waals surface area contributed by atoms with E-state index in [2.05, 4.69) is 16.0 Å². The summed E-state index contributed by atoms with van der Waals surface area (Å²) in [7, 11) is 1.69. The molecule has 4 rings (SSSR count). The average Bonchev–Trinajstić information content (AvgIpc) is 2.92. The van der Waals surface area contributed by atoms with E-state index in [1.54, 1.807) is 23.7 Å². The third-order valence-corrected chi connectivity index (χ3v) is 5.49. The molecule has 1 aliphatic rings. The summed E-state index contributed by atoms with van der Waals surface area (Å²) < 4.78 is 3.17. The van der Waals surface area contributed by atoms with Crippen molar-refractivity contribution in [2.45, 2.75) is 25.4 Å². The van der Waals surface area contributed by atoms with Gasteiger partial charge in [0.15, 0.2) is 5.65 Å². The molecule has 1 saturated heterocycles. The average molecular weight is 397 g/mol. The van der Waals surface area contributed by atoms with Crippen molar-refractivity contribution in [2.75, 3.05) is 18.0 Å². The molecule has 0 bridgehead atoms. The summed E-state index contributed by atoms with van der Waals surface area (Å²) in [4.78, 5) is 19.6. The number of aromatic nitrogens is 3. The minimum atomic E-state index is -0.194. The number of fused-ring (bicyclic) bond motifs is 1. The largest absolute Gasteiger partial charge is 0.368 e. The third kappa shape index (κ3) is 3.15. The standard InChI is InChI=1S/C20H21ClN6O/c1-25-19-18(16(9-17(21)24-19)26-8-4-7-15(23)12-26)27(20(25)28)11-14-6-3-2-5-13(14)10-22/h2-3,5-6,9,15H,4,7-8,11-12,23H2,1H3/t15-/m1/s1. The Morgan fingerprint density at radius 1 is 1.39 bits per heavy atom. The Morgan fingerprint density at radius 2 is 2.18 bits per heavy atom. The topological polar surface area (TPSA) is 92.9 Å². The van der Waals surface area contributed by atoms with E-state index in [-0.39, 0.29) is 18.3 Å². The normalized spacial score (nSPS) is 17.1. The smallest absolute Gasteiger partial charge is 0.330 e. The Morgan fingerprint density at radius 3 is 2.93 bits per heavy atom. The highest BCUT2D eigenvalue weighted by atomic mass is 35.5. The number of anilines is 1. The predicted octanol–water partition coefficient (Wildman–Crippen LogP) is 2.24. The Kier molecular flexibility index (Phi) is 4.84. The lowest BCUT2D eigenvalue weighted by molar-refractivity contribution is 0.506. The van der Waals surface area contributed by atoms with Crippen LogP contribution in [0, 0.1) is 11.3 Å². The lowest BCUT2D eigenvalue weighted by Gasteiger charge is -2.33. The summed E-state index contributed by atoms with van der Waals surface area (Å²) in [6.45, 7) is 1.84. The van der Waals surface area contributed by atoms with E-state index in [1.165, 1.54) is 4.57 Å². The van der Waals surface area contributed by atoms with Crippen molar-refractivity contribution < 1.29 is 0 Å². The number of imidazole rings is 1. The number of rotatable bonds is 3. The molecule has 0 aliphatic carbocycles. The molecule has 1 aromatic carbocycles. The molecule has 3 aromatic rings. The molecule has 0 amide bonds. The van der Waals surface area contributed by atoms with Gasteiger partial charge in [0.05, 0.1) is 23.9 Å². The van der Waals surface area contributed by atoms with Crippen LogP contribution < -0.4 is 16.3 Å². The number of nitriles is 1. The molecule has 1 aliphatic heterocycles. The number of halogens is 1. The zero-order valence-corrected chi connectivity index (χ0v) is 16.4. The van der Waals surface area contributed by atoms with Crippen LogP contribution in [-0.2, 0) is 13.6 Å². The van der Waals surface area contributed by atoms with Crippen LogP contribution in [0.2, 0.25) is 5.15 Å². The lowest BCUT2D eigenvalue weighted by Crippen LogP contribution is -2.43. The molecule has 0 spiro atoms. The number of hydrogen-bond acceptors (Lipinski definition) is 5. The summed E-state index contributed by atoms with van der Waals surface area (Å²) in [5, 5.41) is 9.75. The highest BCUT2D eigenvalue weighted by molar-refractivity contribution is 6.30. The monoisotopic (exact) mass is 396 g/mol. The third-order valence-electron chi connectivity index (χ3n) is 5.29. The second-order valence-corrected chi connectivity index (χ2v) is 7.57. The van der Waals surface area contributed by atoms with E-state index >= 15 is 0 Å². The van der Waals surface area contributed by atoms with Gasteiger partial charge < -0.3 is 10.6 Å². The minimum Gasteiger partial charge on any atom is -0.368 e. The Hall–Kier alpha value is -2.82. The number of pyridine rings is 1. The van der Waals surface area contributed by atoms with Gasteiger partial charge in [0, 0.05) is 32.2 Å². The minimum absolute atomic E-state index is 0.0824. The second-order valence-electron chi connectivity index (χ2n) is 7.18. The Balaban J connectivity index is 1.92. The SMILES string of the molecule is Cn1c(=O)n(Cc2ccccc2C#N)c2c(N3CCC[C@@H](N)C3)cc(Cl)nc21. The van der Waals surface area contributed by atoms with Crippen LogP contribution in [0.15, 0.2) is 35.1 Å². The van der Waals surface area contributed by atoms with Crippen molar-refractivity contribution >= 4 is 28.5 Å². The van der Waals surface area contributed by atoms with Gasteiger partial charge in [-0.15, -0.1) is 0 Å². The maximum atomic E-state index is 13.0. The zero-order valence-electron chi connectivity index (χ0n) is 15.6. The zero-order chi connectivity index (χ0) is 19.8. The van der Waals surface area contributed by atoms with Crippen molar-refractivity contribution in [3.8, 4) is 6.07 Å². The van der Waals surface area contributed by atoms with Crippen LogP contribution in [-0.4, -0.2) is 33.2 Å². The number of piperidine rings is 1. The number of aryl methyl sites for hydroxylation is 1. The van der Waals surface area contributed by atoms with Gasteiger partial charge in [-0.3, -0.25) is 9.13 Å². The number of benzene rings is 1. The van der Waals surface area contributed by atoms with Crippen LogP contribution in [0.1, 0.15) is 24.0 Å². The molecule has 0 saturated carbocycles.